The Morgan fingerprint density at radius 2 is 2.20 bits per heavy atom. The predicted octanol–water partition coefficient (Wildman–Crippen LogP) is 2.88. The van der Waals surface area contributed by atoms with Gasteiger partial charge in [-0.2, -0.15) is 0 Å². The van der Waals surface area contributed by atoms with Crippen molar-refractivity contribution in [1.29, 1.82) is 0 Å². The molecule has 1 aliphatic rings. The zero-order valence-corrected chi connectivity index (χ0v) is 11.6. The second kappa shape index (κ2) is 6.79. The van der Waals surface area contributed by atoms with Crippen LogP contribution in [0, 0.1) is 11.6 Å². The van der Waals surface area contributed by atoms with Crippen LogP contribution in [0.3, 0.4) is 0 Å². The van der Waals surface area contributed by atoms with Gasteiger partial charge < -0.3 is 4.74 Å². The van der Waals surface area contributed by atoms with E-state index in [-0.39, 0.29) is 12.0 Å². The Bertz CT molecular complexity index is 479. The topological polar surface area (TPSA) is 29.5 Å². The summed E-state index contributed by atoms with van der Waals surface area (Å²) < 4.78 is 31.6. The molecule has 0 N–H and O–H groups in total. The molecule has 1 heterocycles. The molecular weight excluding hydrogens is 264 g/mol. The minimum absolute atomic E-state index is 0.0406. The van der Waals surface area contributed by atoms with Crippen molar-refractivity contribution in [2.24, 2.45) is 0 Å². The van der Waals surface area contributed by atoms with E-state index in [4.69, 9.17) is 4.74 Å². The molecule has 0 amide bonds. The Kier molecular flexibility index (Phi) is 5.06. The van der Waals surface area contributed by atoms with Gasteiger partial charge in [-0.25, -0.2) is 8.78 Å². The zero-order chi connectivity index (χ0) is 14.5. The van der Waals surface area contributed by atoms with Gasteiger partial charge in [0.05, 0.1) is 13.5 Å². The van der Waals surface area contributed by atoms with E-state index in [0.29, 0.717) is 18.5 Å². The summed E-state index contributed by atoms with van der Waals surface area (Å²) in [6, 6.07) is 4.25. The van der Waals surface area contributed by atoms with Gasteiger partial charge in [-0.15, -0.1) is 0 Å². The monoisotopic (exact) mass is 283 g/mol. The third-order valence-electron chi connectivity index (χ3n) is 3.78. The number of piperidine rings is 1. The third-order valence-corrected chi connectivity index (χ3v) is 3.78. The maximum atomic E-state index is 13.7. The lowest BCUT2D eigenvalue weighted by Crippen LogP contribution is -2.40. The number of hydrogen-bond acceptors (Lipinski definition) is 3. The fourth-order valence-electron chi connectivity index (χ4n) is 2.66. The van der Waals surface area contributed by atoms with Gasteiger partial charge in [0.2, 0.25) is 0 Å². The van der Waals surface area contributed by atoms with Gasteiger partial charge in [-0.05, 0) is 25.5 Å². The van der Waals surface area contributed by atoms with Crippen LogP contribution < -0.4 is 0 Å². The second-order valence-corrected chi connectivity index (χ2v) is 5.11. The number of rotatable bonds is 4. The average molecular weight is 283 g/mol. The second-order valence-electron chi connectivity index (χ2n) is 5.11. The molecule has 1 saturated heterocycles. The van der Waals surface area contributed by atoms with Gasteiger partial charge in [0, 0.05) is 18.2 Å². The summed E-state index contributed by atoms with van der Waals surface area (Å²) in [6.07, 6.45) is 3.23. The van der Waals surface area contributed by atoms with Crippen molar-refractivity contribution < 1.29 is 18.3 Å². The predicted molar refractivity (Wildman–Crippen MR) is 71.0 cm³/mol. The quantitative estimate of drug-likeness (QED) is 0.796. The molecule has 3 nitrogen and oxygen atoms in total. The van der Waals surface area contributed by atoms with Gasteiger partial charge in [0.1, 0.15) is 0 Å². The Balaban J connectivity index is 2.08. The summed E-state index contributed by atoms with van der Waals surface area (Å²) in [5.74, 6) is -1.89. The summed E-state index contributed by atoms with van der Waals surface area (Å²) in [5, 5.41) is 0. The molecule has 2 rings (SSSR count). The smallest absolute Gasteiger partial charge is 0.307 e. The van der Waals surface area contributed by atoms with E-state index in [1.807, 2.05) is 4.90 Å². The fraction of sp³-hybridized carbons (Fsp3) is 0.533. The largest absolute Gasteiger partial charge is 0.469 e. The van der Waals surface area contributed by atoms with Crippen molar-refractivity contribution in [2.75, 3.05) is 13.7 Å². The summed E-state index contributed by atoms with van der Waals surface area (Å²) in [4.78, 5) is 13.5. The van der Waals surface area contributed by atoms with Crippen molar-refractivity contribution >= 4 is 5.97 Å². The Labute approximate surface area is 117 Å². The SMILES string of the molecule is COC(=O)CC1CCCCN1Cc1cccc(F)c1F. The van der Waals surface area contributed by atoms with E-state index in [2.05, 4.69) is 0 Å². The number of ether oxygens (including phenoxy) is 1. The van der Waals surface area contributed by atoms with Crippen LogP contribution in [0.2, 0.25) is 0 Å². The van der Waals surface area contributed by atoms with E-state index in [1.54, 1.807) is 6.07 Å². The van der Waals surface area contributed by atoms with Crippen LogP contribution in [0.25, 0.3) is 0 Å². The standard InChI is InChI=1S/C15H19F2NO2/c1-20-14(19)9-12-6-2-3-8-18(12)10-11-5-4-7-13(16)15(11)17/h4-5,7,12H,2-3,6,8-10H2,1H3. The van der Waals surface area contributed by atoms with E-state index >= 15 is 0 Å². The van der Waals surface area contributed by atoms with Crippen LogP contribution in [-0.2, 0) is 16.1 Å². The lowest BCUT2D eigenvalue weighted by Gasteiger charge is -2.35. The van der Waals surface area contributed by atoms with E-state index in [0.717, 1.165) is 31.9 Å². The fourth-order valence-corrected chi connectivity index (χ4v) is 2.66. The van der Waals surface area contributed by atoms with Crippen LogP contribution in [-0.4, -0.2) is 30.6 Å². The highest BCUT2D eigenvalue weighted by Crippen LogP contribution is 2.23. The highest BCUT2D eigenvalue weighted by molar-refractivity contribution is 5.69. The van der Waals surface area contributed by atoms with Crippen molar-refractivity contribution in [3.05, 3.63) is 35.4 Å². The first kappa shape index (κ1) is 14.9. The van der Waals surface area contributed by atoms with Crippen LogP contribution in [0.15, 0.2) is 18.2 Å². The number of halogens is 2. The first-order valence-corrected chi connectivity index (χ1v) is 6.85. The number of esters is 1. The Hall–Kier alpha value is -1.49. The first-order valence-electron chi connectivity index (χ1n) is 6.85. The molecule has 5 heteroatoms. The molecule has 1 fully saturated rings. The molecule has 1 atom stereocenters. The number of methoxy groups -OCH3 is 1. The van der Waals surface area contributed by atoms with Gasteiger partial charge in [-0.3, -0.25) is 9.69 Å². The molecule has 1 aromatic carbocycles. The Morgan fingerprint density at radius 1 is 1.40 bits per heavy atom. The van der Waals surface area contributed by atoms with Gasteiger partial charge in [0.15, 0.2) is 11.6 Å². The number of carbonyl (C=O) groups excluding carboxylic acids is 1. The van der Waals surface area contributed by atoms with E-state index in [1.165, 1.54) is 13.2 Å². The van der Waals surface area contributed by atoms with E-state index < -0.39 is 11.6 Å². The summed E-state index contributed by atoms with van der Waals surface area (Å²) in [7, 11) is 1.36. The van der Waals surface area contributed by atoms with Gasteiger partial charge >= 0.3 is 5.97 Å². The molecule has 1 unspecified atom stereocenters. The molecule has 1 aromatic rings. The minimum Gasteiger partial charge on any atom is -0.469 e. The van der Waals surface area contributed by atoms with Crippen LogP contribution >= 0.6 is 0 Å². The molecule has 0 radical (unpaired) electrons. The molecule has 0 spiro atoms. The highest BCUT2D eigenvalue weighted by atomic mass is 19.2. The number of hydrogen-bond donors (Lipinski definition) is 0. The van der Waals surface area contributed by atoms with Crippen LogP contribution in [0.4, 0.5) is 8.78 Å². The van der Waals surface area contributed by atoms with Crippen molar-refractivity contribution in [3.8, 4) is 0 Å². The molecule has 0 aliphatic carbocycles. The first-order chi connectivity index (χ1) is 9.61. The third kappa shape index (κ3) is 3.54. The van der Waals surface area contributed by atoms with E-state index in [9.17, 15) is 13.6 Å². The molecule has 20 heavy (non-hydrogen) atoms. The maximum Gasteiger partial charge on any atom is 0.307 e. The lowest BCUT2D eigenvalue weighted by atomic mass is 9.98. The van der Waals surface area contributed by atoms with Crippen molar-refractivity contribution in [1.82, 2.24) is 4.90 Å². The number of likely N-dealkylation sites (tertiary alicyclic amines) is 1. The lowest BCUT2D eigenvalue weighted by molar-refractivity contribution is -0.142. The van der Waals surface area contributed by atoms with Crippen LogP contribution in [0.5, 0.6) is 0 Å². The summed E-state index contributed by atoms with van der Waals surface area (Å²) in [6.45, 7) is 1.11. The molecule has 1 aliphatic heterocycles. The molecular formula is C15H19F2NO2. The highest BCUT2D eigenvalue weighted by Gasteiger charge is 2.26. The Morgan fingerprint density at radius 3 is 2.95 bits per heavy atom. The van der Waals surface area contributed by atoms with Crippen molar-refractivity contribution in [3.63, 3.8) is 0 Å². The molecule has 0 saturated carbocycles. The van der Waals surface area contributed by atoms with Gasteiger partial charge in [0.25, 0.3) is 0 Å². The number of nitrogens with zero attached hydrogens (tertiary/aromatic N) is 1. The summed E-state index contributed by atoms with van der Waals surface area (Å²) >= 11 is 0. The van der Waals surface area contributed by atoms with Crippen molar-refractivity contribution in [2.45, 2.75) is 38.3 Å². The minimum atomic E-state index is -0.830. The average Bonchev–Trinajstić information content (AvgIpc) is 2.45. The zero-order valence-electron chi connectivity index (χ0n) is 11.6. The molecule has 110 valence electrons. The summed E-state index contributed by atoms with van der Waals surface area (Å²) in [5.41, 5.74) is 0.335. The number of benzene rings is 1. The number of carbonyl (C=O) groups is 1. The van der Waals surface area contributed by atoms with Gasteiger partial charge in [-0.1, -0.05) is 18.6 Å². The normalized spacial score (nSPS) is 19.9. The molecule has 0 aromatic heterocycles. The van der Waals surface area contributed by atoms with Crippen LogP contribution in [0.1, 0.15) is 31.2 Å². The maximum absolute atomic E-state index is 13.7. The molecule has 0 bridgehead atoms.